The van der Waals surface area contributed by atoms with Crippen molar-refractivity contribution in [2.45, 2.75) is 25.1 Å². The van der Waals surface area contributed by atoms with Crippen molar-refractivity contribution in [1.82, 2.24) is 5.32 Å². The molecule has 0 saturated heterocycles. The molecule has 1 heterocycles. The molecule has 2 N–H and O–H groups in total. The van der Waals surface area contributed by atoms with E-state index in [2.05, 4.69) is 17.2 Å². The van der Waals surface area contributed by atoms with Gasteiger partial charge in [0.15, 0.2) is 9.84 Å². The summed E-state index contributed by atoms with van der Waals surface area (Å²) >= 11 is 1.38. The molecule has 7 heteroatoms. The number of nitrogens with one attached hydrogen (secondary N) is 1. The van der Waals surface area contributed by atoms with E-state index in [1.165, 1.54) is 25.2 Å². The molecule has 0 aromatic carbocycles. The van der Waals surface area contributed by atoms with Gasteiger partial charge in [-0.1, -0.05) is 11.8 Å². The quantitative estimate of drug-likeness (QED) is 0.794. The molecule has 0 spiro atoms. The molecule has 0 bridgehead atoms. The summed E-state index contributed by atoms with van der Waals surface area (Å²) < 4.78 is 21.6. The first-order valence-electron chi connectivity index (χ1n) is 5.85. The van der Waals surface area contributed by atoms with E-state index in [1.54, 1.807) is 12.1 Å². The summed E-state index contributed by atoms with van der Waals surface area (Å²) in [6.45, 7) is 2.81. The molecule has 0 radical (unpaired) electrons. The van der Waals surface area contributed by atoms with Crippen molar-refractivity contribution in [2.24, 2.45) is 0 Å². The molecule has 0 aliphatic heterocycles. The van der Waals surface area contributed by atoms with Crippen LogP contribution in [0.1, 0.15) is 23.6 Å². The first kappa shape index (κ1) is 16.7. The van der Waals surface area contributed by atoms with Crippen molar-refractivity contribution >= 4 is 27.1 Å². The van der Waals surface area contributed by atoms with Crippen LogP contribution >= 0.6 is 11.3 Å². The lowest BCUT2D eigenvalue weighted by molar-refractivity contribution is -0.123. The second-order valence-corrected chi connectivity index (χ2v) is 8.42. The number of rotatable bonds is 4. The molecule has 1 aromatic rings. The molecular formula is C13H17NO4S2. The number of carbonyl (C=O) groups is 1. The maximum Gasteiger partial charge on any atom is 0.241 e. The van der Waals surface area contributed by atoms with Gasteiger partial charge in [-0.2, -0.15) is 0 Å². The third-order valence-electron chi connectivity index (χ3n) is 2.85. The second kappa shape index (κ2) is 6.39. The molecule has 0 aliphatic rings. The Hall–Kier alpha value is -1.36. The van der Waals surface area contributed by atoms with Crippen LogP contribution in [-0.2, 0) is 21.2 Å². The standard InChI is InChI=1S/C13H17NO4S2/c1-13(2,20(3,17)18)12(16)14-9-11-7-6-10(19-11)5-4-8-15/h6-7,15H,8-9H2,1-3H3,(H,14,16). The number of amides is 1. The van der Waals surface area contributed by atoms with Crippen LogP contribution in [0, 0.1) is 11.8 Å². The van der Waals surface area contributed by atoms with E-state index >= 15 is 0 Å². The van der Waals surface area contributed by atoms with Crippen molar-refractivity contribution < 1.29 is 18.3 Å². The zero-order valence-corrected chi connectivity index (χ0v) is 13.2. The molecule has 1 amide bonds. The number of aliphatic hydroxyl groups excluding tert-OH is 1. The normalized spacial score (nSPS) is 11.6. The zero-order valence-electron chi connectivity index (χ0n) is 11.6. The van der Waals surface area contributed by atoms with E-state index in [0.29, 0.717) is 0 Å². The zero-order chi connectivity index (χ0) is 15.4. The summed E-state index contributed by atoms with van der Waals surface area (Å²) in [5.74, 6) is 4.77. The van der Waals surface area contributed by atoms with Crippen molar-refractivity contribution in [1.29, 1.82) is 0 Å². The van der Waals surface area contributed by atoms with Gasteiger partial charge < -0.3 is 10.4 Å². The Bertz CT molecular complexity index is 647. The van der Waals surface area contributed by atoms with Crippen LogP contribution in [0.15, 0.2) is 12.1 Å². The van der Waals surface area contributed by atoms with Gasteiger partial charge in [0.05, 0.1) is 11.4 Å². The average Bonchev–Trinajstić information content (AvgIpc) is 2.79. The Morgan fingerprint density at radius 1 is 1.45 bits per heavy atom. The van der Waals surface area contributed by atoms with E-state index in [-0.39, 0.29) is 13.2 Å². The largest absolute Gasteiger partial charge is 0.384 e. The fourth-order valence-electron chi connectivity index (χ4n) is 1.22. The van der Waals surface area contributed by atoms with Gasteiger partial charge in [-0.3, -0.25) is 4.79 Å². The number of carbonyl (C=O) groups excluding carboxylic acids is 1. The number of hydrogen-bond acceptors (Lipinski definition) is 5. The van der Waals surface area contributed by atoms with E-state index in [9.17, 15) is 13.2 Å². The Balaban J connectivity index is 2.69. The van der Waals surface area contributed by atoms with Gasteiger partial charge in [-0.25, -0.2) is 8.42 Å². The second-order valence-electron chi connectivity index (χ2n) is 4.69. The van der Waals surface area contributed by atoms with Gasteiger partial charge in [-0.15, -0.1) is 11.3 Å². The van der Waals surface area contributed by atoms with Crippen LogP contribution in [-0.4, -0.2) is 37.0 Å². The van der Waals surface area contributed by atoms with Crippen LogP contribution < -0.4 is 5.32 Å². The maximum absolute atomic E-state index is 11.9. The molecule has 0 atom stereocenters. The van der Waals surface area contributed by atoms with E-state index in [1.807, 2.05) is 0 Å². The molecule has 0 unspecified atom stereocenters. The molecule has 1 aromatic heterocycles. The van der Waals surface area contributed by atoms with Crippen LogP contribution in [0.4, 0.5) is 0 Å². The Kier molecular flexibility index (Phi) is 5.34. The minimum Gasteiger partial charge on any atom is -0.384 e. The van der Waals surface area contributed by atoms with Crippen molar-refractivity contribution in [2.75, 3.05) is 12.9 Å². The monoisotopic (exact) mass is 315 g/mol. The van der Waals surface area contributed by atoms with Crippen LogP contribution in [0.5, 0.6) is 0 Å². The fraction of sp³-hybridized carbons (Fsp3) is 0.462. The molecule has 110 valence electrons. The number of sulfone groups is 1. The smallest absolute Gasteiger partial charge is 0.241 e. The van der Waals surface area contributed by atoms with Gasteiger partial charge in [-0.05, 0) is 26.0 Å². The minimum absolute atomic E-state index is 0.202. The van der Waals surface area contributed by atoms with Gasteiger partial charge in [0.2, 0.25) is 5.91 Å². The summed E-state index contributed by atoms with van der Waals surface area (Å²) in [5, 5.41) is 11.2. The molecule has 0 saturated carbocycles. The molecule has 1 rings (SSSR count). The highest BCUT2D eigenvalue weighted by Crippen LogP contribution is 2.18. The number of hydrogen-bond donors (Lipinski definition) is 2. The first-order valence-corrected chi connectivity index (χ1v) is 8.55. The molecule has 20 heavy (non-hydrogen) atoms. The minimum atomic E-state index is -3.47. The fourth-order valence-corrected chi connectivity index (χ4v) is 2.45. The van der Waals surface area contributed by atoms with E-state index in [0.717, 1.165) is 16.0 Å². The molecule has 5 nitrogen and oxygen atoms in total. The molecule has 0 aliphatic carbocycles. The lowest BCUT2D eigenvalue weighted by Gasteiger charge is -2.21. The van der Waals surface area contributed by atoms with Gasteiger partial charge >= 0.3 is 0 Å². The van der Waals surface area contributed by atoms with Gasteiger partial charge in [0.25, 0.3) is 0 Å². The van der Waals surface area contributed by atoms with Crippen LogP contribution in [0.3, 0.4) is 0 Å². The van der Waals surface area contributed by atoms with Gasteiger partial charge in [0, 0.05) is 11.1 Å². The summed E-state index contributed by atoms with van der Waals surface area (Å²) in [6, 6.07) is 3.59. The lowest BCUT2D eigenvalue weighted by atomic mass is 10.2. The molecule has 0 fully saturated rings. The van der Waals surface area contributed by atoms with Crippen molar-refractivity contribution in [3.8, 4) is 11.8 Å². The SMILES string of the molecule is CC(C)(C(=O)NCc1ccc(C#CCO)s1)S(C)(=O)=O. The lowest BCUT2D eigenvalue weighted by Crippen LogP contribution is -2.47. The third-order valence-corrected chi connectivity index (χ3v) is 5.89. The Morgan fingerprint density at radius 3 is 2.65 bits per heavy atom. The Morgan fingerprint density at radius 2 is 2.10 bits per heavy atom. The highest BCUT2D eigenvalue weighted by molar-refractivity contribution is 7.92. The van der Waals surface area contributed by atoms with Crippen molar-refractivity contribution in [3.63, 3.8) is 0 Å². The highest BCUT2D eigenvalue weighted by Gasteiger charge is 2.38. The van der Waals surface area contributed by atoms with E-state index < -0.39 is 20.5 Å². The van der Waals surface area contributed by atoms with Crippen LogP contribution in [0.25, 0.3) is 0 Å². The predicted molar refractivity (Wildman–Crippen MR) is 79.1 cm³/mol. The topological polar surface area (TPSA) is 83.5 Å². The number of aliphatic hydroxyl groups is 1. The van der Waals surface area contributed by atoms with E-state index in [4.69, 9.17) is 5.11 Å². The molecular weight excluding hydrogens is 298 g/mol. The summed E-state index contributed by atoms with van der Waals surface area (Å²) in [5.41, 5.74) is 0. The summed E-state index contributed by atoms with van der Waals surface area (Å²) in [4.78, 5) is 13.6. The highest BCUT2D eigenvalue weighted by atomic mass is 32.2. The maximum atomic E-state index is 11.9. The van der Waals surface area contributed by atoms with Crippen molar-refractivity contribution in [3.05, 3.63) is 21.9 Å². The van der Waals surface area contributed by atoms with Gasteiger partial charge in [0.1, 0.15) is 11.4 Å². The summed E-state index contributed by atoms with van der Waals surface area (Å²) in [6.07, 6.45) is 1.04. The Labute approximate surface area is 122 Å². The first-order chi connectivity index (χ1) is 9.18. The predicted octanol–water partition coefficient (Wildman–Crippen LogP) is 0.531. The average molecular weight is 315 g/mol. The van der Waals surface area contributed by atoms with Crippen LogP contribution in [0.2, 0.25) is 0 Å². The summed E-state index contributed by atoms with van der Waals surface area (Å²) in [7, 11) is -3.47. The number of thiophene rings is 1. The third kappa shape index (κ3) is 4.07.